The van der Waals surface area contributed by atoms with Crippen molar-refractivity contribution < 1.29 is 26.2 Å². The van der Waals surface area contributed by atoms with E-state index in [0.29, 0.717) is 11.4 Å². The maximum absolute atomic E-state index is 12.5. The Morgan fingerprint density at radius 3 is 1.62 bits per heavy atom. The molecule has 0 bridgehead atoms. The molecule has 2 aromatic heterocycles. The fourth-order valence-electron chi connectivity index (χ4n) is 10.2. The second-order valence-electron chi connectivity index (χ2n) is 22.6. The van der Waals surface area contributed by atoms with Crippen molar-refractivity contribution in [2.24, 2.45) is 0 Å². The smallest absolute Gasteiger partial charge is 0.148 e. The van der Waals surface area contributed by atoms with Gasteiger partial charge in [-0.1, -0.05) is 219 Å². The van der Waals surface area contributed by atoms with Gasteiger partial charge in [0.15, 0.2) is 0 Å². The Morgan fingerprint density at radius 2 is 1.00 bits per heavy atom. The maximum atomic E-state index is 12.5. The summed E-state index contributed by atoms with van der Waals surface area (Å²) in [6.45, 7) is 22.3. The van der Waals surface area contributed by atoms with Crippen LogP contribution >= 0.6 is 0 Å². The number of hydrogen-bond donors (Lipinski definition) is 1. The minimum atomic E-state index is -0.331. The van der Waals surface area contributed by atoms with Crippen molar-refractivity contribution >= 4 is 11.0 Å². The summed E-state index contributed by atoms with van der Waals surface area (Å²) in [6, 6.07) is 73.0. The summed E-state index contributed by atoms with van der Waals surface area (Å²) in [5.41, 5.74) is 17.4. The monoisotopic (exact) mass is 1130 g/mol. The summed E-state index contributed by atoms with van der Waals surface area (Å²) in [5.74, 6) is 0.924. The van der Waals surface area contributed by atoms with Gasteiger partial charge in [-0.2, -0.15) is 0 Å². The zero-order chi connectivity index (χ0) is 50.6. The van der Waals surface area contributed by atoms with E-state index in [1.807, 2.05) is 6.20 Å². The first kappa shape index (κ1) is 50.8. The Kier molecular flexibility index (Phi) is 13.7. The largest absolute Gasteiger partial charge is 0.507 e. The molecule has 0 saturated carbocycles. The third-order valence-corrected chi connectivity index (χ3v) is 14.5. The van der Waals surface area contributed by atoms with Crippen LogP contribution in [0.15, 0.2) is 200 Å². The Morgan fingerprint density at radius 1 is 0.438 bits per heavy atom. The van der Waals surface area contributed by atoms with Crippen LogP contribution < -0.4 is 0 Å². The van der Waals surface area contributed by atoms with Crippen molar-refractivity contribution in [3.05, 3.63) is 240 Å². The average Bonchev–Trinajstić information content (AvgIpc) is 3.78. The molecule has 0 fully saturated rings. The van der Waals surface area contributed by atoms with Crippen LogP contribution in [0.3, 0.4) is 0 Å². The number of phenols is 1. The van der Waals surface area contributed by atoms with Gasteiger partial charge in [-0.15, -0.1) is 29.8 Å². The Balaban J connectivity index is 0.00000656. The molecule has 0 radical (unpaired) electrons. The first-order chi connectivity index (χ1) is 34.4. The number of aromatic nitrogens is 3. The van der Waals surface area contributed by atoms with Crippen molar-refractivity contribution in [2.45, 2.75) is 90.9 Å². The van der Waals surface area contributed by atoms with Crippen molar-refractivity contribution in [2.75, 3.05) is 0 Å². The van der Waals surface area contributed by atoms with Gasteiger partial charge in [-0.3, -0.25) is 9.55 Å². The molecule has 10 aromatic rings. The average molecular weight is 1130 g/mol. The topological polar surface area (TPSA) is 50.9 Å². The van der Waals surface area contributed by atoms with E-state index in [4.69, 9.17) is 9.97 Å². The van der Waals surface area contributed by atoms with Gasteiger partial charge < -0.3 is 5.11 Å². The summed E-state index contributed by atoms with van der Waals surface area (Å²) < 4.78 is 2.27. The Labute approximate surface area is 447 Å². The number of pyridine rings is 1. The number of aromatic hydroxyl groups is 1. The summed E-state index contributed by atoms with van der Waals surface area (Å²) >= 11 is 0. The molecule has 1 N–H and O–H groups in total. The molecule has 10 rings (SSSR count). The van der Waals surface area contributed by atoms with Gasteiger partial charge in [0.2, 0.25) is 0 Å². The molecule has 0 amide bonds. The molecule has 2 heterocycles. The van der Waals surface area contributed by atoms with Gasteiger partial charge in [0, 0.05) is 49.5 Å². The first-order valence-corrected chi connectivity index (χ1v) is 25.2. The summed E-state index contributed by atoms with van der Waals surface area (Å²) in [7, 11) is 0. The van der Waals surface area contributed by atoms with Crippen LogP contribution in [0.1, 0.15) is 103 Å². The van der Waals surface area contributed by atoms with E-state index in [9.17, 15) is 5.11 Å². The molecule has 4 nitrogen and oxygen atoms in total. The second kappa shape index (κ2) is 19.7. The number of nitrogens with zero attached hydrogens (tertiary/aromatic N) is 3. The van der Waals surface area contributed by atoms with Crippen molar-refractivity contribution in [3.8, 4) is 67.5 Å². The second-order valence-corrected chi connectivity index (χ2v) is 22.6. The Hall–Kier alpha value is -7.13. The van der Waals surface area contributed by atoms with E-state index < -0.39 is 0 Å². The van der Waals surface area contributed by atoms with E-state index in [1.165, 1.54) is 22.3 Å². The number of rotatable bonds is 9. The van der Waals surface area contributed by atoms with Crippen LogP contribution in [0.25, 0.3) is 72.7 Å². The number of benzene rings is 8. The molecule has 8 aromatic carbocycles. The fourth-order valence-corrected chi connectivity index (χ4v) is 10.2. The number of fused-ring (bicyclic) bond motifs is 1. The number of para-hydroxylation sites is 1. The molecule has 5 heteroatoms. The predicted molar refractivity (Wildman–Crippen MR) is 301 cm³/mol. The van der Waals surface area contributed by atoms with Crippen LogP contribution in [-0.4, -0.2) is 19.6 Å². The maximum Gasteiger partial charge on any atom is 0.148 e. The third kappa shape index (κ3) is 9.79. The summed E-state index contributed by atoms with van der Waals surface area (Å²) in [4.78, 5) is 10.6. The summed E-state index contributed by atoms with van der Waals surface area (Å²) in [5, 5.41) is 12.5. The van der Waals surface area contributed by atoms with Crippen LogP contribution in [0.4, 0.5) is 0 Å². The zero-order valence-corrected chi connectivity index (χ0v) is 45.9. The van der Waals surface area contributed by atoms with Gasteiger partial charge in [0.05, 0.1) is 22.3 Å². The predicted octanol–water partition coefficient (Wildman–Crippen LogP) is 17.5. The van der Waals surface area contributed by atoms with Crippen LogP contribution in [-0.2, 0) is 42.7 Å². The fraction of sp³-hybridized carbons (Fsp3) is 0.206. The zero-order valence-electron chi connectivity index (χ0n) is 43.7. The van der Waals surface area contributed by atoms with E-state index in [-0.39, 0.29) is 48.5 Å². The van der Waals surface area contributed by atoms with E-state index in [2.05, 4.69) is 274 Å². The molecule has 0 unspecified atom stereocenters. The molecule has 0 aliphatic heterocycles. The van der Waals surface area contributed by atoms with Gasteiger partial charge in [0.25, 0.3) is 0 Å². The quantitative estimate of drug-likeness (QED) is 0.116. The molecular formula is C68H64N3OPt-. The minimum Gasteiger partial charge on any atom is -0.507 e. The van der Waals surface area contributed by atoms with Crippen molar-refractivity contribution in [1.29, 1.82) is 0 Å². The molecule has 0 aliphatic carbocycles. The van der Waals surface area contributed by atoms with E-state index >= 15 is 0 Å². The third-order valence-electron chi connectivity index (χ3n) is 14.5. The van der Waals surface area contributed by atoms with Crippen LogP contribution in [0, 0.1) is 6.07 Å². The molecule has 0 atom stereocenters. The number of hydrogen-bond acceptors (Lipinski definition) is 3. The van der Waals surface area contributed by atoms with Crippen LogP contribution in [0.5, 0.6) is 5.75 Å². The number of phenolic OH excluding ortho intramolecular Hbond substituents is 1. The molecular weight excluding hydrogens is 1070 g/mol. The van der Waals surface area contributed by atoms with Gasteiger partial charge in [-0.25, -0.2) is 4.98 Å². The minimum absolute atomic E-state index is 0. The molecule has 0 saturated heterocycles. The standard InChI is InChI=1S/C68H64N3O.Pt/c1-65(2,3)53-36-37-60(56(42-53)46-22-14-11-15-23-46)71-61-31-21-30-55(62(61)70-64(71)57-43-54(66(4,5)6)44-58(63(57)72)67(7,8)9)48-24-20-25-49(40-48)59-41-47(38-39-69-59)45-32-34-52(35-33-45)68(10,50-26-16-12-17-27-50)51-28-18-13-19-29-51;/h11-39,41-44,72H,1-10H3;/q-1;. The van der Waals surface area contributed by atoms with Crippen molar-refractivity contribution in [1.82, 2.24) is 14.5 Å². The SMILES string of the molecule is CC(C)(C)c1ccc(-n2c(-c3cc(C(C)(C)C)cc(C(C)(C)C)c3O)nc3c(-c4[c-]c(-c5cc(-c6ccc(C(C)(c7ccccc7)c7ccccc7)cc6)ccn5)ccc4)cccc32)c(-c2ccccc2)c1.[Pt]. The normalized spacial score (nSPS) is 12.2. The number of imidazole rings is 1. The van der Waals surface area contributed by atoms with Gasteiger partial charge >= 0.3 is 0 Å². The van der Waals surface area contributed by atoms with Gasteiger partial charge in [0.1, 0.15) is 11.6 Å². The Bertz CT molecular complexity index is 3540. The van der Waals surface area contributed by atoms with E-state index in [0.717, 1.165) is 72.5 Å². The van der Waals surface area contributed by atoms with Crippen LogP contribution in [0.2, 0.25) is 0 Å². The molecule has 0 spiro atoms. The molecule has 368 valence electrons. The molecule has 73 heavy (non-hydrogen) atoms. The summed E-state index contributed by atoms with van der Waals surface area (Å²) in [6.07, 6.45) is 1.89. The first-order valence-electron chi connectivity index (χ1n) is 25.2. The van der Waals surface area contributed by atoms with Crippen molar-refractivity contribution in [3.63, 3.8) is 0 Å². The molecule has 0 aliphatic rings. The van der Waals surface area contributed by atoms with Gasteiger partial charge in [-0.05, 0) is 98.0 Å². The van der Waals surface area contributed by atoms with E-state index in [1.54, 1.807) is 0 Å².